The average Bonchev–Trinajstić information content (AvgIpc) is 2.38. The van der Waals surface area contributed by atoms with E-state index in [0.717, 1.165) is 0 Å². The van der Waals surface area contributed by atoms with Gasteiger partial charge in [-0.05, 0) is 0 Å². The maximum absolute atomic E-state index is 13.1. The van der Waals surface area contributed by atoms with Crippen molar-refractivity contribution in [2.75, 3.05) is 0 Å². The monoisotopic (exact) mass is 476 g/mol. The Labute approximate surface area is 153 Å². The second-order valence-corrected chi connectivity index (χ2v) is 5.10. The summed E-state index contributed by atoms with van der Waals surface area (Å²) in [5.74, 6) is -3.68. The number of rotatable bonds is 2. The minimum Gasteiger partial charge on any atom is -0.860 e. The van der Waals surface area contributed by atoms with E-state index in [-0.39, 0.29) is 0 Å². The maximum Gasteiger partial charge on any atom is 0.420 e. The van der Waals surface area contributed by atoms with Crippen LogP contribution in [0.25, 0.3) is 0 Å². The van der Waals surface area contributed by atoms with Crippen LogP contribution in [0.2, 0.25) is 0 Å². The molecular weight excluding hydrogens is 476 g/mol. The minimum absolute atomic E-state index is 2.85. The van der Waals surface area contributed by atoms with E-state index in [4.69, 9.17) is 0 Å². The van der Waals surface area contributed by atoms with Gasteiger partial charge < -0.3 is 14.7 Å². The molecule has 1 aromatic rings. The summed E-state index contributed by atoms with van der Waals surface area (Å²) in [6.07, 6.45) is -34.8. The van der Waals surface area contributed by atoms with Crippen LogP contribution in [0.1, 0.15) is 27.8 Å². The summed E-state index contributed by atoms with van der Waals surface area (Å²) < 4.78 is 198. The Kier molecular flexibility index (Phi) is 6.30. The van der Waals surface area contributed by atoms with E-state index >= 15 is 0 Å². The van der Waals surface area contributed by atoms with Crippen molar-refractivity contribution in [3.63, 3.8) is 0 Å². The first kappa shape index (κ1) is 26.0. The highest BCUT2D eigenvalue weighted by Gasteiger charge is 2.60. The molecule has 1 rings (SSSR count). The molecule has 30 heavy (non-hydrogen) atoms. The molecule has 0 amide bonds. The van der Waals surface area contributed by atoms with Gasteiger partial charge in [0.15, 0.2) is 0 Å². The minimum atomic E-state index is -7.07. The fourth-order valence-electron chi connectivity index (χ4n) is 2.33. The molecule has 0 aliphatic rings. The summed E-state index contributed by atoms with van der Waals surface area (Å²) in [7, 11) is -4.38. The van der Waals surface area contributed by atoms with Crippen LogP contribution in [0.4, 0.5) is 65.9 Å². The fourth-order valence-corrected chi connectivity index (χ4v) is 2.33. The molecule has 0 radical (unpaired) electrons. The lowest BCUT2D eigenvalue weighted by Crippen LogP contribution is -2.51. The number of alkyl halides is 15. The van der Waals surface area contributed by atoms with Crippen LogP contribution in [0.15, 0.2) is 0 Å². The van der Waals surface area contributed by atoms with Gasteiger partial charge >= 0.3 is 30.9 Å². The first-order chi connectivity index (χ1) is 12.9. The van der Waals surface area contributed by atoms with Gasteiger partial charge in [0, 0.05) is 0 Å². The molecule has 0 aliphatic carbocycles. The van der Waals surface area contributed by atoms with Gasteiger partial charge in [-0.15, -0.1) is 0 Å². The third-order valence-electron chi connectivity index (χ3n) is 3.09. The average molecular weight is 476 g/mol. The zero-order valence-electron chi connectivity index (χ0n) is 13.0. The molecule has 3 nitrogen and oxygen atoms in total. The van der Waals surface area contributed by atoms with Crippen molar-refractivity contribution in [3.05, 3.63) is 27.8 Å². The van der Waals surface area contributed by atoms with Crippen LogP contribution in [0.5, 0.6) is 5.75 Å². The van der Waals surface area contributed by atoms with Gasteiger partial charge in [-0.25, -0.2) is 0 Å². The maximum atomic E-state index is 13.1. The molecule has 0 spiro atoms. The molecule has 0 heterocycles. The van der Waals surface area contributed by atoms with Crippen LogP contribution in [-0.2, 0) is 30.9 Å². The summed E-state index contributed by atoms with van der Waals surface area (Å²) in [5, 5.41) is 20.7. The number of benzene rings is 1. The van der Waals surface area contributed by atoms with Crippen LogP contribution in [0.3, 0.4) is 0 Å². The molecule has 0 N–H and O–H groups in total. The van der Waals surface area contributed by atoms with Gasteiger partial charge in [0.1, 0.15) is 24.2 Å². The molecule has 0 aliphatic heterocycles. The van der Waals surface area contributed by atoms with Crippen LogP contribution < -0.4 is 14.7 Å². The van der Waals surface area contributed by atoms with Crippen molar-refractivity contribution in [1.29, 1.82) is 0 Å². The highest BCUT2D eigenvalue weighted by atomic mass is 19.4. The summed E-state index contributed by atoms with van der Waals surface area (Å²) in [5.41, 5.74) is -21.0. The second-order valence-electron chi connectivity index (χ2n) is 5.10. The van der Waals surface area contributed by atoms with Gasteiger partial charge in [0.2, 0.25) is 0 Å². The quantitative estimate of drug-likeness (QED) is 0.482. The van der Waals surface area contributed by atoms with Gasteiger partial charge in [0.25, 0.3) is 0 Å². The predicted molar refractivity (Wildman–Crippen MR) is 57.8 cm³/mol. The molecular formula is C11BF15O3-2. The van der Waals surface area contributed by atoms with E-state index < -0.39 is 71.8 Å². The Morgan fingerprint density at radius 3 is 0.800 bits per heavy atom. The molecule has 0 saturated carbocycles. The van der Waals surface area contributed by atoms with Gasteiger partial charge in [-0.3, -0.25) is 0 Å². The lowest BCUT2D eigenvalue weighted by atomic mass is 9.87. The van der Waals surface area contributed by atoms with E-state index in [9.17, 15) is 75.9 Å². The van der Waals surface area contributed by atoms with Crippen molar-refractivity contribution in [2.24, 2.45) is 0 Å². The van der Waals surface area contributed by atoms with E-state index in [2.05, 4.69) is 4.65 Å². The normalized spacial score (nSPS) is 14.2. The Morgan fingerprint density at radius 1 is 0.433 bits per heavy atom. The number of hydrogen-bond acceptors (Lipinski definition) is 3. The fraction of sp³-hybridized carbons (Fsp3) is 0.455. The SMILES string of the molecule is [O-]B([O-])Oc1c(C(F)(F)F)c(C(F)(F)F)c(C(F)(F)F)c(C(F)(F)F)c1C(F)(F)F. The van der Waals surface area contributed by atoms with E-state index in [1.807, 2.05) is 0 Å². The van der Waals surface area contributed by atoms with Crippen molar-refractivity contribution in [3.8, 4) is 5.75 Å². The highest BCUT2D eigenvalue weighted by molar-refractivity contribution is 6.29. The summed E-state index contributed by atoms with van der Waals surface area (Å²) in [6.45, 7) is 0. The third kappa shape index (κ3) is 5.16. The summed E-state index contributed by atoms with van der Waals surface area (Å²) in [6, 6.07) is 0. The van der Waals surface area contributed by atoms with Crippen LogP contribution >= 0.6 is 0 Å². The summed E-state index contributed by atoms with van der Waals surface area (Å²) in [4.78, 5) is 0. The van der Waals surface area contributed by atoms with Gasteiger partial charge in [-0.1, -0.05) is 0 Å². The topological polar surface area (TPSA) is 55.3 Å². The zero-order chi connectivity index (χ0) is 24.2. The zero-order valence-corrected chi connectivity index (χ0v) is 13.0. The lowest BCUT2D eigenvalue weighted by molar-refractivity contribution is -0.372. The molecule has 0 unspecified atom stereocenters. The van der Waals surface area contributed by atoms with E-state index in [1.165, 1.54) is 0 Å². The molecule has 0 saturated heterocycles. The smallest absolute Gasteiger partial charge is 0.420 e. The van der Waals surface area contributed by atoms with Crippen molar-refractivity contribution in [2.45, 2.75) is 30.9 Å². The Hall–Kier alpha value is -2.05. The molecule has 172 valence electrons. The van der Waals surface area contributed by atoms with Crippen molar-refractivity contribution >= 4 is 7.32 Å². The standard InChI is InChI=1S/C11BF15O3/c13-7(14,15)1-2(8(16,17)18)4(10(22,23)24)6(30-12(28)29)5(11(25,26)27)3(1)9(19,20)21/q-2. The number of hydrogen-bond donors (Lipinski definition) is 0. The Balaban J connectivity index is 4.71. The highest BCUT2D eigenvalue weighted by Crippen LogP contribution is 2.58. The van der Waals surface area contributed by atoms with Crippen molar-refractivity contribution in [1.82, 2.24) is 0 Å². The van der Waals surface area contributed by atoms with Crippen molar-refractivity contribution < 1.29 is 80.6 Å². The molecule has 0 bridgehead atoms. The third-order valence-corrected chi connectivity index (χ3v) is 3.09. The molecule has 1 aromatic carbocycles. The van der Waals surface area contributed by atoms with Crippen LogP contribution in [0, 0.1) is 0 Å². The molecule has 19 heteroatoms. The van der Waals surface area contributed by atoms with Crippen LogP contribution in [-0.4, -0.2) is 7.32 Å². The largest absolute Gasteiger partial charge is 0.860 e. The molecule has 0 fully saturated rings. The van der Waals surface area contributed by atoms with Gasteiger partial charge in [0.05, 0.1) is 16.7 Å². The Bertz CT molecular complexity index is 744. The predicted octanol–water partition coefficient (Wildman–Crippen LogP) is 3.86. The lowest BCUT2D eigenvalue weighted by Gasteiger charge is -2.34. The summed E-state index contributed by atoms with van der Waals surface area (Å²) >= 11 is 0. The van der Waals surface area contributed by atoms with E-state index in [0.29, 0.717) is 0 Å². The number of halogens is 15. The van der Waals surface area contributed by atoms with E-state index in [1.54, 1.807) is 0 Å². The van der Waals surface area contributed by atoms with Gasteiger partial charge in [-0.2, -0.15) is 65.9 Å². The second kappa shape index (κ2) is 7.28. The first-order valence-electron chi connectivity index (χ1n) is 6.50. The molecule has 0 atom stereocenters. The first-order valence-corrected chi connectivity index (χ1v) is 6.50. The Morgan fingerprint density at radius 2 is 0.633 bits per heavy atom. The molecule has 0 aromatic heterocycles.